The van der Waals surface area contributed by atoms with Crippen LogP contribution in [-0.2, 0) is 10.0 Å². The largest absolute Gasteiger partial charge is 0.497 e. The van der Waals surface area contributed by atoms with Gasteiger partial charge in [0.05, 0.1) is 20.3 Å². The average Bonchev–Trinajstić information content (AvgIpc) is 2.98. The van der Waals surface area contributed by atoms with Gasteiger partial charge in [0.15, 0.2) is 0 Å². The SMILES string of the molecule is COc1ccc(C#Cc2ccc3c(c2)O[C@@H](CN(C)C(=O)NC2CCCCC2)[C@H](C)CN([C@H](C)CO)S3(=O)=O)cc1. The van der Waals surface area contributed by atoms with Crippen LogP contribution in [0.2, 0.25) is 0 Å². The van der Waals surface area contributed by atoms with Crippen LogP contribution in [0.15, 0.2) is 47.4 Å². The van der Waals surface area contributed by atoms with E-state index in [9.17, 15) is 18.3 Å². The van der Waals surface area contributed by atoms with Crippen LogP contribution in [0.3, 0.4) is 0 Å². The fraction of sp³-hybridized carbons (Fsp3) is 0.516. The Labute approximate surface area is 243 Å². The molecule has 1 aliphatic carbocycles. The van der Waals surface area contributed by atoms with Crippen molar-refractivity contribution in [2.24, 2.45) is 5.92 Å². The van der Waals surface area contributed by atoms with Crippen molar-refractivity contribution in [2.45, 2.75) is 69.0 Å². The first-order chi connectivity index (χ1) is 19.6. The lowest BCUT2D eigenvalue weighted by Crippen LogP contribution is -2.52. The molecule has 2 aromatic carbocycles. The number of carbonyl (C=O) groups is 1. The summed E-state index contributed by atoms with van der Waals surface area (Å²) in [5.74, 6) is 6.83. The number of aliphatic hydroxyl groups is 1. The number of methoxy groups -OCH3 is 1. The number of rotatable bonds is 6. The van der Waals surface area contributed by atoms with Gasteiger partial charge in [0, 0.05) is 42.7 Å². The zero-order valence-electron chi connectivity index (χ0n) is 24.3. The van der Waals surface area contributed by atoms with Crippen LogP contribution >= 0.6 is 0 Å². The summed E-state index contributed by atoms with van der Waals surface area (Å²) in [7, 11) is -0.639. The molecule has 1 heterocycles. The maximum atomic E-state index is 13.7. The van der Waals surface area contributed by atoms with Crippen LogP contribution < -0.4 is 14.8 Å². The summed E-state index contributed by atoms with van der Waals surface area (Å²) < 4.78 is 40.4. The van der Waals surface area contributed by atoms with E-state index in [0.717, 1.165) is 37.0 Å². The molecule has 1 aliphatic heterocycles. The molecule has 222 valence electrons. The van der Waals surface area contributed by atoms with Crippen LogP contribution in [0, 0.1) is 17.8 Å². The third-order valence-electron chi connectivity index (χ3n) is 7.84. The van der Waals surface area contributed by atoms with E-state index in [4.69, 9.17) is 9.47 Å². The summed E-state index contributed by atoms with van der Waals surface area (Å²) in [5, 5.41) is 13.0. The molecule has 10 heteroatoms. The lowest BCUT2D eigenvalue weighted by Gasteiger charge is -2.37. The first-order valence-electron chi connectivity index (χ1n) is 14.2. The van der Waals surface area contributed by atoms with Crippen LogP contribution in [0.4, 0.5) is 4.79 Å². The molecule has 2 N–H and O–H groups in total. The zero-order valence-corrected chi connectivity index (χ0v) is 25.1. The van der Waals surface area contributed by atoms with Gasteiger partial charge in [0.25, 0.3) is 0 Å². The highest BCUT2D eigenvalue weighted by Gasteiger charge is 2.38. The molecule has 0 radical (unpaired) electrons. The number of hydrogen-bond donors (Lipinski definition) is 2. The highest BCUT2D eigenvalue weighted by molar-refractivity contribution is 7.89. The molecule has 1 fully saturated rings. The molecule has 4 rings (SSSR count). The molecular weight excluding hydrogens is 542 g/mol. The van der Waals surface area contributed by atoms with Crippen molar-refractivity contribution in [1.82, 2.24) is 14.5 Å². The van der Waals surface area contributed by atoms with Crippen LogP contribution in [0.5, 0.6) is 11.5 Å². The molecule has 3 atom stereocenters. The molecule has 41 heavy (non-hydrogen) atoms. The topological polar surface area (TPSA) is 108 Å². The number of urea groups is 1. The average molecular weight is 584 g/mol. The third-order valence-corrected chi connectivity index (χ3v) is 9.86. The number of sulfonamides is 1. The second kappa shape index (κ2) is 13.6. The summed E-state index contributed by atoms with van der Waals surface area (Å²) in [5.41, 5.74) is 1.37. The lowest BCUT2D eigenvalue weighted by atomic mass is 9.96. The Hall–Kier alpha value is -3.26. The van der Waals surface area contributed by atoms with Gasteiger partial charge in [-0.3, -0.25) is 0 Å². The summed E-state index contributed by atoms with van der Waals surface area (Å²) in [6, 6.07) is 11.5. The standard InChI is InChI=1S/C31H41N3O6S/c1-22-19-34(23(2)21-35)41(37,38)30-17-14-25(11-10-24-12-15-27(39-4)16-13-24)18-28(30)40-29(22)20-33(3)31(36)32-26-8-6-5-7-9-26/h12-18,22-23,26,29,35H,5-9,19-21H2,1-4H3,(H,32,36)/t22-,23-,29+/m1/s1. The summed E-state index contributed by atoms with van der Waals surface area (Å²) in [6.45, 7) is 3.68. The first-order valence-corrected chi connectivity index (χ1v) is 15.7. The Kier molecular flexibility index (Phi) is 10.2. The molecule has 0 saturated heterocycles. The van der Waals surface area contributed by atoms with Gasteiger partial charge in [0.2, 0.25) is 10.0 Å². The van der Waals surface area contributed by atoms with Gasteiger partial charge in [-0.05, 0) is 62.2 Å². The lowest BCUT2D eigenvalue weighted by molar-refractivity contribution is 0.0806. The van der Waals surface area contributed by atoms with Gasteiger partial charge in [0.1, 0.15) is 22.5 Å². The molecule has 2 amide bonds. The van der Waals surface area contributed by atoms with Gasteiger partial charge < -0.3 is 24.8 Å². The fourth-order valence-corrected chi connectivity index (χ4v) is 7.05. The molecule has 0 bridgehead atoms. The van der Waals surface area contributed by atoms with E-state index in [1.807, 2.05) is 31.2 Å². The molecule has 2 aromatic rings. The van der Waals surface area contributed by atoms with Gasteiger partial charge >= 0.3 is 6.03 Å². The number of ether oxygens (including phenoxy) is 2. The zero-order chi connectivity index (χ0) is 29.6. The van der Waals surface area contributed by atoms with Crippen molar-refractivity contribution in [3.05, 3.63) is 53.6 Å². The number of nitrogens with one attached hydrogen (secondary N) is 1. The number of nitrogens with zero attached hydrogens (tertiary/aromatic N) is 2. The Morgan fingerprint density at radius 3 is 2.46 bits per heavy atom. The predicted octanol–water partition coefficient (Wildman–Crippen LogP) is 3.84. The highest BCUT2D eigenvalue weighted by Crippen LogP contribution is 2.34. The number of aliphatic hydroxyl groups excluding tert-OH is 1. The van der Waals surface area contributed by atoms with Crippen LogP contribution in [0.1, 0.15) is 57.1 Å². The van der Waals surface area contributed by atoms with Crippen molar-refractivity contribution >= 4 is 16.1 Å². The minimum absolute atomic E-state index is 0.0130. The normalized spacial score (nSPS) is 21.6. The number of benzene rings is 2. The highest BCUT2D eigenvalue weighted by atomic mass is 32.2. The van der Waals surface area contributed by atoms with Crippen molar-refractivity contribution in [3.8, 4) is 23.3 Å². The fourth-order valence-electron chi connectivity index (χ4n) is 5.22. The van der Waals surface area contributed by atoms with Crippen LogP contribution in [-0.4, -0.2) is 80.8 Å². The van der Waals surface area contributed by atoms with Crippen molar-refractivity contribution in [1.29, 1.82) is 0 Å². The van der Waals surface area contributed by atoms with E-state index < -0.39 is 22.2 Å². The molecule has 2 aliphatic rings. The van der Waals surface area contributed by atoms with Crippen molar-refractivity contribution < 1.29 is 27.8 Å². The van der Waals surface area contributed by atoms with Gasteiger partial charge in [-0.1, -0.05) is 38.0 Å². The number of fused-ring (bicyclic) bond motifs is 1. The number of hydrogen-bond acceptors (Lipinski definition) is 6. The van der Waals surface area contributed by atoms with E-state index in [1.165, 1.54) is 16.8 Å². The van der Waals surface area contributed by atoms with Crippen molar-refractivity contribution in [2.75, 3.05) is 33.9 Å². The predicted molar refractivity (Wildman–Crippen MR) is 157 cm³/mol. The quantitative estimate of drug-likeness (QED) is 0.501. The molecule has 0 unspecified atom stereocenters. The van der Waals surface area contributed by atoms with Crippen LogP contribution in [0.25, 0.3) is 0 Å². The smallest absolute Gasteiger partial charge is 0.317 e. The van der Waals surface area contributed by atoms with E-state index in [1.54, 1.807) is 38.1 Å². The number of amides is 2. The van der Waals surface area contributed by atoms with Gasteiger partial charge in [-0.2, -0.15) is 4.31 Å². The van der Waals surface area contributed by atoms with E-state index in [0.29, 0.717) is 5.56 Å². The number of carbonyl (C=O) groups excluding carboxylic acids is 1. The third kappa shape index (κ3) is 7.53. The Morgan fingerprint density at radius 1 is 1.15 bits per heavy atom. The minimum atomic E-state index is -3.97. The summed E-state index contributed by atoms with van der Waals surface area (Å²) in [4.78, 5) is 14.6. The molecule has 1 saturated carbocycles. The first kappa shape index (κ1) is 30.7. The maximum Gasteiger partial charge on any atom is 0.317 e. The van der Waals surface area contributed by atoms with E-state index in [2.05, 4.69) is 17.2 Å². The molecule has 0 aromatic heterocycles. The van der Waals surface area contributed by atoms with Gasteiger partial charge in [-0.15, -0.1) is 0 Å². The number of likely N-dealkylation sites (N-methyl/N-ethyl adjacent to an activating group) is 1. The van der Waals surface area contributed by atoms with Gasteiger partial charge in [-0.25, -0.2) is 13.2 Å². The Balaban J connectivity index is 1.63. The second-order valence-corrected chi connectivity index (χ2v) is 12.9. The molecule has 9 nitrogen and oxygen atoms in total. The monoisotopic (exact) mass is 583 g/mol. The summed E-state index contributed by atoms with van der Waals surface area (Å²) >= 11 is 0. The second-order valence-electron chi connectivity index (χ2n) is 11.0. The Morgan fingerprint density at radius 2 is 1.80 bits per heavy atom. The summed E-state index contributed by atoms with van der Waals surface area (Å²) in [6.07, 6.45) is 4.90. The molecular formula is C31H41N3O6S. The molecule has 0 spiro atoms. The van der Waals surface area contributed by atoms with E-state index in [-0.39, 0.29) is 48.3 Å². The minimum Gasteiger partial charge on any atom is -0.497 e. The Bertz CT molecular complexity index is 1360. The van der Waals surface area contributed by atoms with E-state index >= 15 is 0 Å². The maximum absolute atomic E-state index is 13.7. The van der Waals surface area contributed by atoms with Crippen molar-refractivity contribution in [3.63, 3.8) is 0 Å².